The highest BCUT2D eigenvalue weighted by molar-refractivity contribution is 6.33. The van der Waals surface area contributed by atoms with Crippen LogP contribution < -0.4 is 10.2 Å². The Morgan fingerprint density at radius 1 is 0.906 bits per heavy atom. The quantitative estimate of drug-likeness (QED) is 0.633. The van der Waals surface area contributed by atoms with Gasteiger partial charge in [0.25, 0.3) is 5.91 Å². The highest BCUT2D eigenvalue weighted by Crippen LogP contribution is 2.20. The minimum atomic E-state index is -0.0748. The van der Waals surface area contributed by atoms with Gasteiger partial charge < -0.3 is 15.1 Å². The highest BCUT2D eigenvalue weighted by atomic mass is 35.5. The van der Waals surface area contributed by atoms with Gasteiger partial charge in [0.2, 0.25) is 5.91 Å². The number of benzene rings is 2. The van der Waals surface area contributed by atoms with E-state index in [1.807, 2.05) is 59.5 Å². The number of halogens is 1. The van der Waals surface area contributed by atoms with E-state index in [1.165, 1.54) is 0 Å². The van der Waals surface area contributed by atoms with Crippen LogP contribution in [-0.2, 0) is 11.2 Å². The molecule has 0 atom stereocenters. The summed E-state index contributed by atoms with van der Waals surface area (Å²) in [7, 11) is 0. The Hall–Kier alpha value is -3.38. The molecule has 2 amide bonds. The average Bonchev–Trinajstić information content (AvgIpc) is 3.06. The number of rotatable bonds is 5. The molecule has 0 unspecified atom stereocenters. The number of amides is 2. The molecule has 0 radical (unpaired) electrons. The molecule has 164 valence electrons. The number of nitrogens with zero attached hydrogens (tertiary/aromatic N) is 3. The fourth-order valence-corrected chi connectivity index (χ4v) is 4.00. The molecule has 0 bridgehead atoms. The van der Waals surface area contributed by atoms with Gasteiger partial charge in [-0.2, -0.15) is 0 Å². The van der Waals surface area contributed by atoms with Gasteiger partial charge in [-0.3, -0.25) is 9.59 Å². The number of anilines is 2. The van der Waals surface area contributed by atoms with Crippen LogP contribution in [-0.4, -0.2) is 47.9 Å². The summed E-state index contributed by atoms with van der Waals surface area (Å²) >= 11 is 6.20. The molecule has 1 N–H and O–H groups in total. The molecular formula is C25H25ClN4O2. The standard InChI is InChI=1S/C25H25ClN4O2/c26-22-10-5-4-9-21(22)25(32)30-14-6-13-29(15-16-30)23-12-11-20(18-27-23)28-24(31)17-19-7-2-1-3-8-19/h1-5,7-12,18H,6,13-17H2,(H,28,31). The second-order valence-corrected chi connectivity index (χ2v) is 8.14. The smallest absolute Gasteiger partial charge is 0.255 e. The van der Waals surface area contributed by atoms with E-state index in [1.54, 1.807) is 18.3 Å². The van der Waals surface area contributed by atoms with E-state index in [2.05, 4.69) is 15.2 Å². The highest BCUT2D eigenvalue weighted by Gasteiger charge is 2.22. The van der Waals surface area contributed by atoms with Crippen molar-refractivity contribution in [3.63, 3.8) is 0 Å². The maximum absolute atomic E-state index is 12.9. The van der Waals surface area contributed by atoms with Crippen molar-refractivity contribution in [2.24, 2.45) is 0 Å². The first-order chi connectivity index (χ1) is 15.6. The van der Waals surface area contributed by atoms with Gasteiger partial charge in [-0.05, 0) is 36.2 Å². The van der Waals surface area contributed by atoms with Crippen molar-refractivity contribution in [2.75, 3.05) is 36.4 Å². The van der Waals surface area contributed by atoms with Crippen molar-refractivity contribution < 1.29 is 9.59 Å². The van der Waals surface area contributed by atoms with E-state index < -0.39 is 0 Å². The van der Waals surface area contributed by atoms with Crippen LogP contribution in [0.2, 0.25) is 5.02 Å². The van der Waals surface area contributed by atoms with Gasteiger partial charge in [0.15, 0.2) is 0 Å². The van der Waals surface area contributed by atoms with Crippen LogP contribution >= 0.6 is 11.6 Å². The average molecular weight is 449 g/mol. The number of pyridine rings is 1. The molecule has 4 rings (SSSR count). The first-order valence-electron chi connectivity index (χ1n) is 10.7. The fraction of sp³-hybridized carbons (Fsp3) is 0.240. The number of hydrogen-bond acceptors (Lipinski definition) is 4. The lowest BCUT2D eigenvalue weighted by atomic mass is 10.1. The summed E-state index contributed by atoms with van der Waals surface area (Å²) in [6.45, 7) is 2.76. The molecule has 7 heteroatoms. The Labute approximate surface area is 192 Å². The number of aromatic nitrogens is 1. The Balaban J connectivity index is 1.34. The second-order valence-electron chi connectivity index (χ2n) is 7.73. The minimum absolute atomic E-state index is 0.0399. The molecule has 1 fully saturated rings. The number of hydrogen-bond donors (Lipinski definition) is 1. The Morgan fingerprint density at radius 2 is 1.69 bits per heavy atom. The number of nitrogens with one attached hydrogen (secondary N) is 1. The third-order valence-corrected chi connectivity index (χ3v) is 5.78. The van der Waals surface area contributed by atoms with Crippen LogP contribution in [0.25, 0.3) is 0 Å². The zero-order chi connectivity index (χ0) is 22.3. The third kappa shape index (κ3) is 5.45. The topological polar surface area (TPSA) is 65.5 Å². The van der Waals surface area contributed by atoms with Gasteiger partial charge in [0.1, 0.15) is 5.82 Å². The van der Waals surface area contributed by atoms with Crippen LogP contribution in [0.5, 0.6) is 0 Å². The largest absolute Gasteiger partial charge is 0.355 e. The lowest BCUT2D eigenvalue weighted by molar-refractivity contribution is -0.115. The molecule has 32 heavy (non-hydrogen) atoms. The van der Waals surface area contributed by atoms with Crippen molar-refractivity contribution in [1.29, 1.82) is 0 Å². The fourth-order valence-electron chi connectivity index (χ4n) is 3.79. The Kier molecular flexibility index (Phi) is 7.02. The maximum Gasteiger partial charge on any atom is 0.255 e. The molecular weight excluding hydrogens is 424 g/mol. The van der Waals surface area contributed by atoms with E-state index in [-0.39, 0.29) is 11.8 Å². The molecule has 1 saturated heterocycles. The SMILES string of the molecule is O=C(Cc1ccccc1)Nc1ccc(N2CCCN(C(=O)c3ccccc3Cl)CC2)nc1. The van der Waals surface area contributed by atoms with Gasteiger partial charge >= 0.3 is 0 Å². The van der Waals surface area contributed by atoms with Gasteiger partial charge in [0.05, 0.1) is 28.9 Å². The first-order valence-corrected chi connectivity index (χ1v) is 11.1. The molecule has 3 aromatic rings. The van der Waals surface area contributed by atoms with Crippen molar-refractivity contribution >= 4 is 34.9 Å². The van der Waals surface area contributed by atoms with Gasteiger partial charge in [-0.15, -0.1) is 0 Å². The van der Waals surface area contributed by atoms with Crippen LogP contribution in [0.15, 0.2) is 72.9 Å². The van der Waals surface area contributed by atoms with Gasteiger partial charge in [-0.25, -0.2) is 4.98 Å². The summed E-state index contributed by atoms with van der Waals surface area (Å²) in [5, 5.41) is 3.37. The summed E-state index contributed by atoms with van der Waals surface area (Å²) < 4.78 is 0. The van der Waals surface area contributed by atoms with E-state index in [0.29, 0.717) is 42.3 Å². The lowest BCUT2D eigenvalue weighted by Gasteiger charge is -2.23. The Morgan fingerprint density at radius 3 is 2.44 bits per heavy atom. The second kappa shape index (κ2) is 10.3. The summed E-state index contributed by atoms with van der Waals surface area (Å²) in [6.07, 6.45) is 2.84. The monoisotopic (exact) mass is 448 g/mol. The number of carbonyl (C=O) groups is 2. The molecule has 1 aliphatic rings. The normalized spacial score (nSPS) is 14.0. The molecule has 1 aromatic heterocycles. The zero-order valence-electron chi connectivity index (χ0n) is 17.7. The van der Waals surface area contributed by atoms with E-state index in [0.717, 1.165) is 24.3 Å². The van der Waals surface area contributed by atoms with Crippen LogP contribution in [0.4, 0.5) is 11.5 Å². The lowest BCUT2D eigenvalue weighted by Crippen LogP contribution is -2.35. The van der Waals surface area contributed by atoms with Gasteiger partial charge in [0, 0.05) is 26.2 Å². The molecule has 1 aliphatic heterocycles. The van der Waals surface area contributed by atoms with E-state index in [4.69, 9.17) is 11.6 Å². The molecule has 0 spiro atoms. The van der Waals surface area contributed by atoms with E-state index in [9.17, 15) is 9.59 Å². The first kappa shape index (κ1) is 21.8. The van der Waals surface area contributed by atoms with Crippen molar-refractivity contribution in [3.8, 4) is 0 Å². The van der Waals surface area contributed by atoms with Crippen LogP contribution in [0, 0.1) is 0 Å². The maximum atomic E-state index is 12.9. The molecule has 0 saturated carbocycles. The predicted molar refractivity (Wildman–Crippen MR) is 127 cm³/mol. The van der Waals surface area contributed by atoms with Gasteiger partial charge in [-0.1, -0.05) is 54.1 Å². The molecule has 2 heterocycles. The van der Waals surface area contributed by atoms with Crippen LogP contribution in [0.3, 0.4) is 0 Å². The summed E-state index contributed by atoms with van der Waals surface area (Å²) in [5.74, 6) is 0.717. The molecule has 0 aliphatic carbocycles. The van der Waals surface area contributed by atoms with Crippen molar-refractivity contribution in [3.05, 3.63) is 89.1 Å². The van der Waals surface area contributed by atoms with E-state index >= 15 is 0 Å². The third-order valence-electron chi connectivity index (χ3n) is 5.45. The minimum Gasteiger partial charge on any atom is -0.355 e. The molecule has 2 aromatic carbocycles. The summed E-state index contributed by atoms with van der Waals surface area (Å²) in [4.78, 5) is 33.7. The zero-order valence-corrected chi connectivity index (χ0v) is 18.5. The molecule has 6 nitrogen and oxygen atoms in total. The summed E-state index contributed by atoms with van der Waals surface area (Å²) in [6, 6.07) is 20.6. The predicted octanol–water partition coefficient (Wildman–Crippen LogP) is 4.27. The van der Waals surface area contributed by atoms with Crippen LogP contribution in [0.1, 0.15) is 22.3 Å². The number of carbonyl (C=O) groups excluding carboxylic acids is 2. The Bertz CT molecular complexity index is 1070. The van der Waals surface area contributed by atoms with Crippen molar-refractivity contribution in [1.82, 2.24) is 9.88 Å². The summed E-state index contributed by atoms with van der Waals surface area (Å²) in [5.41, 5.74) is 2.17. The van der Waals surface area contributed by atoms with Crippen molar-refractivity contribution in [2.45, 2.75) is 12.8 Å².